The number of hydrogen-bond donors (Lipinski definition) is 0. The summed E-state index contributed by atoms with van der Waals surface area (Å²) in [5.74, 6) is -2.63. The molecule has 0 rings (SSSR count). The van der Waals surface area contributed by atoms with E-state index in [4.69, 9.17) is 23.7 Å². The maximum absolute atomic E-state index is 11.2. The predicted octanol–water partition coefficient (Wildman–Crippen LogP) is -0.419. The van der Waals surface area contributed by atoms with Crippen LogP contribution < -0.4 is 0 Å². The van der Waals surface area contributed by atoms with Gasteiger partial charge in [-0.15, -0.1) is 0 Å². The van der Waals surface area contributed by atoms with Gasteiger partial charge in [0, 0.05) is 24.3 Å². The fourth-order valence-corrected chi connectivity index (χ4v) is 1.45. The molecule has 0 fully saturated rings. The van der Waals surface area contributed by atoms with Gasteiger partial charge < -0.3 is 33.2 Å². The van der Waals surface area contributed by atoms with Gasteiger partial charge in [0.15, 0.2) is 0 Å². The van der Waals surface area contributed by atoms with Crippen molar-refractivity contribution in [1.82, 2.24) is 0 Å². The summed E-state index contributed by atoms with van der Waals surface area (Å²) in [4.78, 5) is 43.9. The van der Waals surface area contributed by atoms with Crippen molar-refractivity contribution in [2.75, 3.05) is 67.1 Å². The van der Waals surface area contributed by atoms with Crippen molar-refractivity contribution in [2.45, 2.75) is 0 Å². The number of hydrogen-bond acceptors (Lipinski definition) is 11. The van der Waals surface area contributed by atoms with E-state index >= 15 is 0 Å². The molecular weight excluding hydrogens is 392 g/mol. The Balaban J connectivity index is 3.37. The van der Waals surface area contributed by atoms with E-state index < -0.39 is 23.9 Å². The Hall–Kier alpha value is -2.76. The Labute approximate surface area is 168 Å². The molecular formula is C18H26O11. The summed E-state index contributed by atoms with van der Waals surface area (Å²) in [6.45, 7) is 1.72. The van der Waals surface area contributed by atoms with Crippen molar-refractivity contribution in [3.8, 4) is 0 Å². The molecule has 0 aromatic carbocycles. The molecule has 0 N–H and O–H groups in total. The lowest BCUT2D eigenvalue weighted by Gasteiger charge is -2.07. The van der Waals surface area contributed by atoms with Gasteiger partial charge in [0.25, 0.3) is 0 Å². The van der Waals surface area contributed by atoms with Gasteiger partial charge in [0.2, 0.25) is 0 Å². The highest BCUT2D eigenvalue weighted by atomic mass is 16.6. The zero-order valence-corrected chi connectivity index (χ0v) is 16.5. The normalized spacial score (nSPS) is 10.8. The van der Waals surface area contributed by atoms with Crippen LogP contribution >= 0.6 is 0 Å². The Bertz CT molecular complexity index is 506. The van der Waals surface area contributed by atoms with E-state index in [1.165, 1.54) is 14.2 Å². The van der Waals surface area contributed by atoms with E-state index in [0.29, 0.717) is 26.4 Å². The second-order valence-corrected chi connectivity index (χ2v) is 4.89. The molecule has 0 aliphatic rings. The monoisotopic (exact) mass is 418 g/mol. The molecule has 0 aromatic heterocycles. The van der Waals surface area contributed by atoms with Gasteiger partial charge in [0.1, 0.15) is 13.2 Å². The largest absolute Gasteiger partial charge is 0.466 e. The second kappa shape index (κ2) is 18.6. The van der Waals surface area contributed by atoms with Crippen molar-refractivity contribution in [2.24, 2.45) is 0 Å². The van der Waals surface area contributed by atoms with E-state index in [2.05, 4.69) is 9.47 Å². The number of rotatable bonds is 16. The summed E-state index contributed by atoms with van der Waals surface area (Å²) in [6, 6.07) is 0. The molecule has 29 heavy (non-hydrogen) atoms. The average molecular weight is 418 g/mol. The molecule has 0 saturated heterocycles. The Kier molecular flexibility index (Phi) is 16.8. The van der Waals surface area contributed by atoms with Crippen LogP contribution in [-0.2, 0) is 52.3 Å². The summed E-state index contributed by atoms with van der Waals surface area (Å²) in [5, 5.41) is 0. The molecule has 11 nitrogen and oxygen atoms in total. The van der Waals surface area contributed by atoms with Crippen LogP contribution in [0.5, 0.6) is 0 Å². The van der Waals surface area contributed by atoms with Gasteiger partial charge in [-0.25, -0.2) is 19.2 Å². The summed E-state index contributed by atoms with van der Waals surface area (Å²) in [6.07, 6.45) is 3.86. The molecule has 0 radical (unpaired) electrons. The molecule has 0 heterocycles. The number of carbonyl (C=O) groups is 4. The van der Waals surface area contributed by atoms with Gasteiger partial charge >= 0.3 is 23.9 Å². The zero-order valence-electron chi connectivity index (χ0n) is 16.5. The highest BCUT2D eigenvalue weighted by Crippen LogP contribution is 1.88. The van der Waals surface area contributed by atoms with Gasteiger partial charge in [-0.3, -0.25) is 0 Å². The van der Waals surface area contributed by atoms with Crippen LogP contribution in [0.2, 0.25) is 0 Å². The molecule has 0 unspecified atom stereocenters. The van der Waals surface area contributed by atoms with Gasteiger partial charge in [-0.05, 0) is 0 Å². The van der Waals surface area contributed by atoms with Crippen LogP contribution in [0.4, 0.5) is 0 Å². The molecule has 0 aliphatic carbocycles. The molecule has 0 aliphatic heterocycles. The maximum Gasteiger partial charge on any atom is 0.331 e. The fraction of sp³-hybridized carbons (Fsp3) is 0.556. The minimum Gasteiger partial charge on any atom is -0.466 e. The average Bonchev–Trinajstić information content (AvgIpc) is 2.73. The summed E-state index contributed by atoms with van der Waals surface area (Å²) >= 11 is 0. The van der Waals surface area contributed by atoms with Crippen LogP contribution in [0, 0.1) is 0 Å². The number of methoxy groups -OCH3 is 2. The number of esters is 4. The highest BCUT2D eigenvalue weighted by Gasteiger charge is 2.00. The van der Waals surface area contributed by atoms with Crippen molar-refractivity contribution >= 4 is 23.9 Å². The number of ether oxygens (including phenoxy) is 7. The van der Waals surface area contributed by atoms with Crippen molar-refractivity contribution in [3.05, 3.63) is 24.3 Å². The second-order valence-electron chi connectivity index (χ2n) is 4.89. The summed E-state index contributed by atoms with van der Waals surface area (Å²) < 4.78 is 33.9. The third-order valence-corrected chi connectivity index (χ3v) is 2.80. The predicted molar refractivity (Wildman–Crippen MR) is 96.7 cm³/mol. The lowest BCUT2D eigenvalue weighted by molar-refractivity contribution is -0.140. The van der Waals surface area contributed by atoms with Crippen molar-refractivity contribution in [3.63, 3.8) is 0 Å². The van der Waals surface area contributed by atoms with Crippen LogP contribution in [0.15, 0.2) is 24.3 Å². The maximum atomic E-state index is 11.2. The van der Waals surface area contributed by atoms with E-state index in [1.807, 2.05) is 0 Å². The van der Waals surface area contributed by atoms with E-state index in [9.17, 15) is 19.2 Å². The van der Waals surface area contributed by atoms with E-state index in [0.717, 1.165) is 24.3 Å². The summed E-state index contributed by atoms with van der Waals surface area (Å²) in [7, 11) is 2.40. The highest BCUT2D eigenvalue weighted by molar-refractivity contribution is 5.92. The fourth-order valence-electron chi connectivity index (χ4n) is 1.45. The smallest absolute Gasteiger partial charge is 0.331 e. The Morgan fingerprint density at radius 2 is 0.759 bits per heavy atom. The lowest BCUT2D eigenvalue weighted by atomic mass is 10.5. The molecule has 0 bridgehead atoms. The van der Waals surface area contributed by atoms with Gasteiger partial charge in [-0.1, -0.05) is 0 Å². The van der Waals surface area contributed by atoms with Gasteiger partial charge in [-0.2, -0.15) is 0 Å². The first-order chi connectivity index (χ1) is 14.0. The van der Waals surface area contributed by atoms with Crippen molar-refractivity contribution < 1.29 is 52.3 Å². The zero-order chi connectivity index (χ0) is 21.7. The molecule has 0 atom stereocenters. The first-order valence-corrected chi connectivity index (χ1v) is 8.58. The standard InChI is InChI=1S/C18H26O11/c1-23-15(19)3-5-17(21)28-13-11-26-9-7-25-8-10-27-12-14-29-18(22)6-4-16(20)24-2/h3-6H,7-14H2,1-2H3/b5-3+,6-4+. The Morgan fingerprint density at radius 3 is 1.07 bits per heavy atom. The minimum absolute atomic E-state index is 0.0427. The topological polar surface area (TPSA) is 133 Å². The molecule has 11 heteroatoms. The number of carbonyl (C=O) groups excluding carboxylic acids is 4. The van der Waals surface area contributed by atoms with Crippen LogP contribution in [0.3, 0.4) is 0 Å². The SMILES string of the molecule is COC(=O)/C=C/C(=O)OCCOCCOCCOCCOC(=O)/C=C/C(=O)OC. The van der Waals surface area contributed by atoms with Crippen molar-refractivity contribution in [1.29, 1.82) is 0 Å². The molecule has 0 spiro atoms. The van der Waals surface area contributed by atoms with E-state index in [1.54, 1.807) is 0 Å². The third-order valence-electron chi connectivity index (χ3n) is 2.80. The Morgan fingerprint density at radius 1 is 0.483 bits per heavy atom. The first kappa shape index (κ1) is 26.2. The van der Waals surface area contributed by atoms with E-state index in [-0.39, 0.29) is 26.4 Å². The van der Waals surface area contributed by atoms with Crippen LogP contribution in [0.25, 0.3) is 0 Å². The third kappa shape index (κ3) is 18.4. The lowest BCUT2D eigenvalue weighted by Crippen LogP contribution is -2.14. The van der Waals surface area contributed by atoms with Crippen LogP contribution in [0.1, 0.15) is 0 Å². The quantitative estimate of drug-likeness (QED) is 0.140. The summed E-state index contributed by atoms with van der Waals surface area (Å²) in [5.41, 5.74) is 0. The van der Waals surface area contributed by atoms with Gasteiger partial charge in [0.05, 0.1) is 53.9 Å². The molecule has 164 valence electrons. The molecule has 0 saturated carbocycles. The van der Waals surface area contributed by atoms with Crippen LogP contribution in [-0.4, -0.2) is 91.0 Å². The minimum atomic E-state index is -0.669. The first-order valence-electron chi connectivity index (χ1n) is 8.58. The molecule has 0 amide bonds. The molecule has 0 aromatic rings.